The Bertz CT molecular complexity index is 121. The van der Waals surface area contributed by atoms with E-state index < -0.39 is 0 Å². The first-order valence-electron chi connectivity index (χ1n) is 5.70. The minimum absolute atomic E-state index is 0.330. The molecule has 0 unspecified atom stereocenters. The van der Waals surface area contributed by atoms with Crippen molar-refractivity contribution in [3.8, 4) is 0 Å². The molecule has 2 nitrogen and oxygen atoms in total. The van der Waals surface area contributed by atoms with E-state index in [1.165, 1.54) is 32.1 Å². The van der Waals surface area contributed by atoms with Gasteiger partial charge in [-0.25, -0.2) is 0 Å². The Balaban J connectivity index is 2.07. The summed E-state index contributed by atoms with van der Waals surface area (Å²) >= 11 is 0. The molecule has 2 N–H and O–H groups in total. The van der Waals surface area contributed by atoms with Gasteiger partial charge in [0.15, 0.2) is 0 Å². The number of nitrogens with one attached hydrogen (secondary N) is 1. The maximum Gasteiger partial charge on any atom is 0.0431 e. The first-order chi connectivity index (χ1) is 6.33. The van der Waals surface area contributed by atoms with Crippen LogP contribution in [0.25, 0.3) is 0 Å². The summed E-state index contributed by atoms with van der Waals surface area (Å²) in [5.74, 6) is 0. The predicted molar refractivity (Wildman–Crippen MR) is 55.8 cm³/mol. The standard InChI is InChI=1S/C11H23NO/c1-10(6-5-9-13)12-11-7-3-2-4-8-11/h10-13H,2-9H2,1H3/t10-/m1/s1. The van der Waals surface area contributed by atoms with Gasteiger partial charge < -0.3 is 10.4 Å². The van der Waals surface area contributed by atoms with Gasteiger partial charge in [-0.15, -0.1) is 0 Å². The van der Waals surface area contributed by atoms with Crippen molar-refractivity contribution >= 4 is 0 Å². The molecule has 1 saturated carbocycles. The molecule has 2 heteroatoms. The van der Waals surface area contributed by atoms with Gasteiger partial charge in [-0.3, -0.25) is 0 Å². The molecule has 13 heavy (non-hydrogen) atoms. The third-order valence-corrected chi connectivity index (χ3v) is 2.92. The van der Waals surface area contributed by atoms with Crippen LogP contribution < -0.4 is 5.32 Å². The van der Waals surface area contributed by atoms with Gasteiger partial charge in [0.1, 0.15) is 0 Å². The van der Waals surface area contributed by atoms with E-state index in [1.54, 1.807) is 0 Å². The molecule has 0 heterocycles. The van der Waals surface area contributed by atoms with E-state index >= 15 is 0 Å². The fourth-order valence-electron chi connectivity index (χ4n) is 2.15. The van der Waals surface area contributed by atoms with Gasteiger partial charge in [0.25, 0.3) is 0 Å². The highest BCUT2D eigenvalue weighted by molar-refractivity contribution is 4.74. The second-order valence-corrected chi connectivity index (χ2v) is 4.27. The fraction of sp³-hybridized carbons (Fsp3) is 1.00. The Morgan fingerprint density at radius 3 is 2.62 bits per heavy atom. The van der Waals surface area contributed by atoms with Crippen LogP contribution in [0.1, 0.15) is 51.9 Å². The zero-order valence-corrected chi connectivity index (χ0v) is 8.76. The summed E-state index contributed by atoms with van der Waals surface area (Å²) in [6, 6.07) is 1.33. The van der Waals surface area contributed by atoms with Crippen molar-refractivity contribution in [1.82, 2.24) is 5.32 Å². The summed E-state index contributed by atoms with van der Waals surface area (Å²) in [7, 11) is 0. The Morgan fingerprint density at radius 1 is 1.31 bits per heavy atom. The Kier molecular flexibility index (Phi) is 5.40. The topological polar surface area (TPSA) is 32.3 Å². The minimum Gasteiger partial charge on any atom is -0.396 e. The number of hydrogen-bond donors (Lipinski definition) is 2. The average molecular weight is 185 g/mol. The summed E-state index contributed by atoms with van der Waals surface area (Å²) in [6.45, 7) is 2.56. The zero-order chi connectivity index (χ0) is 9.52. The lowest BCUT2D eigenvalue weighted by atomic mass is 9.94. The van der Waals surface area contributed by atoms with Gasteiger partial charge in [-0.1, -0.05) is 19.3 Å². The molecule has 1 atom stereocenters. The Morgan fingerprint density at radius 2 is 2.00 bits per heavy atom. The number of hydrogen-bond acceptors (Lipinski definition) is 2. The Labute approximate surface area is 81.7 Å². The summed E-state index contributed by atoms with van der Waals surface area (Å²) in [5, 5.41) is 12.3. The lowest BCUT2D eigenvalue weighted by molar-refractivity contribution is 0.267. The second kappa shape index (κ2) is 6.39. The smallest absolute Gasteiger partial charge is 0.0431 e. The first kappa shape index (κ1) is 11.0. The summed E-state index contributed by atoms with van der Waals surface area (Å²) in [4.78, 5) is 0. The molecule has 0 spiro atoms. The van der Waals surface area contributed by atoms with Crippen LogP contribution in [0.5, 0.6) is 0 Å². The molecule has 1 fully saturated rings. The molecule has 1 rings (SSSR count). The van der Waals surface area contributed by atoms with Crippen LogP contribution in [0.15, 0.2) is 0 Å². The van der Waals surface area contributed by atoms with Crippen molar-refractivity contribution in [2.75, 3.05) is 6.61 Å². The van der Waals surface area contributed by atoms with Crippen LogP contribution in [-0.2, 0) is 0 Å². The van der Waals surface area contributed by atoms with Crippen LogP contribution in [0, 0.1) is 0 Å². The molecule has 78 valence electrons. The second-order valence-electron chi connectivity index (χ2n) is 4.27. The van der Waals surface area contributed by atoms with Crippen molar-refractivity contribution in [1.29, 1.82) is 0 Å². The monoisotopic (exact) mass is 185 g/mol. The van der Waals surface area contributed by atoms with Crippen molar-refractivity contribution < 1.29 is 5.11 Å². The predicted octanol–water partition coefficient (Wildman–Crippen LogP) is 2.07. The first-order valence-corrected chi connectivity index (χ1v) is 5.70. The molecule has 0 radical (unpaired) electrons. The maximum atomic E-state index is 8.69. The van der Waals surface area contributed by atoms with E-state index in [0.29, 0.717) is 12.6 Å². The van der Waals surface area contributed by atoms with Crippen molar-refractivity contribution in [3.05, 3.63) is 0 Å². The molecule has 0 aromatic carbocycles. The van der Waals surface area contributed by atoms with Gasteiger partial charge in [0.05, 0.1) is 0 Å². The van der Waals surface area contributed by atoms with E-state index in [9.17, 15) is 0 Å². The minimum atomic E-state index is 0.330. The lowest BCUT2D eigenvalue weighted by Crippen LogP contribution is -2.37. The molecule has 0 amide bonds. The van der Waals surface area contributed by atoms with Crippen LogP contribution in [-0.4, -0.2) is 23.8 Å². The third-order valence-electron chi connectivity index (χ3n) is 2.92. The number of aliphatic hydroxyl groups is 1. The molecular formula is C11H23NO. The fourth-order valence-corrected chi connectivity index (χ4v) is 2.15. The van der Waals surface area contributed by atoms with E-state index in [0.717, 1.165) is 18.9 Å². The number of rotatable bonds is 5. The largest absolute Gasteiger partial charge is 0.396 e. The van der Waals surface area contributed by atoms with Crippen LogP contribution in [0.4, 0.5) is 0 Å². The van der Waals surface area contributed by atoms with Crippen molar-refractivity contribution in [2.24, 2.45) is 0 Å². The van der Waals surface area contributed by atoms with Crippen LogP contribution in [0.3, 0.4) is 0 Å². The normalized spacial score (nSPS) is 21.7. The lowest BCUT2D eigenvalue weighted by Gasteiger charge is -2.26. The molecular weight excluding hydrogens is 162 g/mol. The van der Waals surface area contributed by atoms with Gasteiger partial charge >= 0.3 is 0 Å². The van der Waals surface area contributed by atoms with Gasteiger partial charge in [-0.2, -0.15) is 0 Å². The number of aliphatic hydroxyl groups excluding tert-OH is 1. The summed E-state index contributed by atoms with van der Waals surface area (Å²) in [5.41, 5.74) is 0. The Hall–Kier alpha value is -0.0800. The van der Waals surface area contributed by atoms with Gasteiger partial charge in [0.2, 0.25) is 0 Å². The van der Waals surface area contributed by atoms with Crippen molar-refractivity contribution in [2.45, 2.75) is 64.0 Å². The SMILES string of the molecule is C[C@H](CCCO)NC1CCCCC1. The molecule has 1 aliphatic rings. The summed E-state index contributed by atoms with van der Waals surface area (Å²) in [6.07, 6.45) is 8.94. The molecule has 0 aromatic rings. The highest BCUT2D eigenvalue weighted by Gasteiger charge is 2.14. The zero-order valence-electron chi connectivity index (χ0n) is 8.76. The molecule has 0 saturated heterocycles. The van der Waals surface area contributed by atoms with Crippen LogP contribution in [0.2, 0.25) is 0 Å². The van der Waals surface area contributed by atoms with E-state index in [2.05, 4.69) is 12.2 Å². The van der Waals surface area contributed by atoms with E-state index in [-0.39, 0.29) is 0 Å². The molecule has 0 aliphatic heterocycles. The molecule has 1 aliphatic carbocycles. The molecule has 0 aromatic heterocycles. The van der Waals surface area contributed by atoms with Gasteiger partial charge in [-0.05, 0) is 32.6 Å². The quantitative estimate of drug-likeness (QED) is 0.687. The maximum absolute atomic E-state index is 8.69. The third kappa shape index (κ3) is 4.63. The summed E-state index contributed by atoms with van der Waals surface area (Å²) < 4.78 is 0. The molecule has 0 bridgehead atoms. The van der Waals surface area contributed by atoms with E-state index in [1.807, 2.05) is 0 Å². The van der Waals surface area contributed by atoms with Gasteiger partial charge in [0, 0.05) is 18.7 Å². The highest BCUT2D eigenvalue weighted by atomic mass is 16.2. The highest BCUT2D eigenvalue weighted by Crippen LogP contribution is 2.18. The van der Waals surface area contributed by atoms with E-state index in [4.69, 9.17) is 5.11 Å². The van der Waals surface area contributed by atoms with Crippen LogP contribution >= 0.6 is 0 Å². The average Bonchev–Trinajstić information content (AvgIpc) is 2.16. The van der Waals surface area contributed by atoms with Crippen molar-refractivity contribution in [3.63, 3.8) is 0 Å².